The summed E-state index contributed by atoms with van der Waals surface area (Å²) in [6.07, 6.45) is 5.66. The second-order valence-corrected chi connectivity index (χ2v) is 6.63. The van der Waals surface area contributed by atoms with Crippen LogP contribution in [0.1, 0.15) is 55.8 Å². The Labute approximate surface area is 126 Å². The van der Waals surface area contributed by atoms with Gasteiger partial charge < -0.3 is 10.1 Å². The summed E-state index contributed by atoms with van der Waals surface area (Å²) < 4.78 is 5.91. The van der Waals surface area contributed by atoms with Gasteiger partial charge in [0.25, 0.3) is 0 Å². The zero-order valence-corrected chi connectivity index (χ0v) is 13.2. The summed E-state index contributed by atoms with van der Waals surface area (Å²) in [5.41, 5.74) is 3.99. The summed E-state index contributed by atoms with van der Waals surface area (Å²) in [5.74, 6) is 1.87. The van der Waals surface area contributed by atoms with E-state index >= 15 is 0 Å². The lowest BCUT2D eigenvalue weighted by Gasteiger charge is -2.23. The lowest BCUT2D eigenvalue weighted by Crippen LogP contribution is -2.24. The summed E-state index contributed by atoms with van der Waals surface area (Å²) in [4.78, 5) is 0. The number of hydrogen-bond donors (Lipinski definition) is 1. The average molecular weight is 294 g/mol. The van der Waals surface area contributed by atoms with Gasteiger partial charge in [-0.05, 0) is 55.3 Å². The maximum absolute atomic E-state index is 6.62. The molecule has 2 nitrogen and oxygen atoms in total. The number of benzene rings is 1. The molecule has 1 aliphatic carbocycles. The minimum atomic E-state index is 0.379. The molecule has 0 fully saturated rings. The van der Waals surface area contributed by atoms with Crippen molar-refractivity contribution in [1.29, 1.82) is 0 Å². The second kappa shape index (κ2) is 5.95. The second-order valence-electron chi connectivity index (χ2n) is 6.22. The minimum absolute atomic E-state index is 0.379. The Morgan fingerprint density at radius 2 is 2.25 bits per heavy atom. The highest BCUT2D eigenvalue weighted by Crippen LogP contribution is 2.44. The number of ether oxygens (including phenoxy) is 1. The monoisotopic (exact) mass is 293 g/mol. The van der Waals surface area contributed by atoms with Crippen LogP contribution in [0.25, 0.3) is 0 Å². The molecular weight excluding hydrogens is 270 g/mol. The van der Waals surface area contributed by atoms with Crippen LogP contribution in [0.15, 0.2) is 6.07 Å². The third-order valence-corrected chi connectivity index (χ3v) is 4.89. The Morgan fingerprint density at radius 1 is 1.40 bits per heavy atom. The first-order valence-corrected chi connectivity index (χ1v) is 8.28. The van der Waals surface area contributed by atoms with Gasteiger partial charge in [-0.15, -0.1) is 0 Å². The van der Waals surface area contributed by atoms with Gasteiger partial charge in [0.15, 0.2) is 0 Å². The van der Waals surface area contributed by atoms with Crippen molar-refractivity contribution in [1.82, 2.24) is 5.32 Å². The SMILES string of the molecule is CCCNC1CC(C)CCc2c3c(cc(Cl)c21)CCO3. The molecule has 0 bridgehead atoms. The molecule has 3 rings (SSSR count). The lowest BCUT2D eigenvalue weighted by atomic mass is 9.94. The molecule has 20 heavy (non-hydrogen) atoms. The standard InChI is InChI=1S/C17H24ClNO/c1-3-7-19-15-9-11(2)4-5-13-16(15)14(18)10-12-6-8-20-17(12)13/h10-11,15,19H,3-9H2,1-2H3. The van der Waals surface area contributed by atoms with Crippen molar-refractivity contribution in [2.24, 2.45) is 5.92 Å². The first kappa shape index (κ1) is 14.2. The van der Waals surface area contributed by atoms with Crippen molar-refractivity contribution >= 4 is 11.6 Å². The van der Waals surface area contributed by atoms with Crippen molar-refractivity contribution < 1.29 is 4.74 Å². The zero-order valence-electron chi connectivity index (χ0n) is 12.5. The molecule has 2 atom stereocenters. The number of hydrogen-bond acceptors (Lipinski definition) is 2. The summed E-state index contributed by atoms with van der Waals surface area (Å²) in [6.45, 7) is 6.42. The molecule has 0 saturated heterocycles. The first-order valence-electron chi connectivity index (χ1n) is 7.91. The molecule has 110 valence electrons. The van der Waals surface area contributed by atoms with Crippen LogP contribution in [0.2, 0.25) is 5.02 Å². The molecule has 0 spiro atoms. The fourth-order valence-corrected chi connectivity index (χ4v) is 3.92. The van der Waals surface area contributed by atoms with E-state index in [2.05, 4.69) is 25.2 Å². The highest BCUT2D eigenvalue weighted by atomic mass is 35.5. The van der Waals surface area contributed by atoms with Gasteiger partial charge in [-0.3, -0.25) is 0 Å². The molecule has 0 aromatic heterocycles. The summed E-state index contributed by atoms with van der Waals surface area (Å²) >= 11 is 6.62. The van der Waals surface area contributed by atoms with E-state index in [1.54, 1.807) is 0 Å². The van der Waals surface area contributed by atoms with Gasteiger partial charge >= 0.3 is 0 Å². The van der Waals surface area contributed by atoms with E-state index in [-0.39, 0.29) is 0 Å². The van der Waals surface area contributed by atoms with Crippen molar-refractivity contribution in [2.75, 3.05) is 13.2 Å². The van der Waals surface area contributed by atoms with Crippen LogP contribution in [0, 0.1) is 5.92 Å². The molecule has 1 aliphatic heterocycles. The van der Waals surface area contributed by atoms with E-state index in [1.807, 2.05) is 0 Å². The van der Waals surface area contributed by atoms with Gasteiger partial charge in [0.2, 0.25) is 0 Å². The van der Waals surface area contributed by atoms with E-state index < -0.39 is 0 Å². The maximum atomic E-state index is 6.62. The van der Waals surface area contributed by atoms with Gasteiger partial charge in [0, 0.05) is 23.0 Å². The average Bonchev–Trinajstić information content (AvgIpc) is 2.81. The Bertz CT molecular complexity index is 500. The summed E-state index contributed by atoms with van der Waals surface area (Å²) in [7, 11) is 0. The van der Waals surface area contributed by atoms with E-state index in [0.29, 0.717) is 6.04 Å². The molecule has 0 radical (unpaired) electrons. The van der Waals surface area contributed by atoms with Gasteiger partial charge in [-0.1, -0.05) is 25.4 Å². The number of rotatable bonds is 3. The summed E-state index contributed by atoms with van der Waals surface area (Å²) in [5, 5.41) is 4.63. The topological polar surface area (TPSA) is 21.3 Å². The van der Waals surface area contributed by atoms with E-state index in [4.69, 9.17) is 16.3 Å². The molecule has 0 amide bonds. The fraction of sp³-hybridized carbons (Fsp3) is 0.647. The molecule has 1 heterocycles. The largest absolute Gasteiger partial charge is 0.493 e. The van der Waals surface area contributed by atoms with E-state index in [9.17, 15) is 0 Å². The van der Waals surface area contributed by atoms with Crippen LogP contribution in [0.4, 0.5) is 0 Å². The van der Waals surface area contributed by atoms with E-state index in [1.165, 1.54) is 29.5 Å². The van der Waals surface area contributed by atoms with Crippen LogP contribution in [0.5, 0.6) is 5.75 Å². The Balaban J connectivity index is 2.04. The minimum Gasteiger partial charge on any atom is -0.493 e. The van der Waals surface area contributed by atoms with Gasteiger partial charge in [0.05, 0.1) is 6.61 Å². The van der Waals surface area contributed by atoms with Gasteiger partial charge in [-0.25, -0.2) is 0 Å². The van der Waals surface area contributed by atoms with Crippen LogP contribution in [-0.2, 0) is 12.8 Å². The van der Waals surface area contributed by atoms with Crippen molar-refractivity contribution in [3.05, 3.63) is 27.8 Å². The molecule has 2 unspecified atom stereocenters. The smallest absolute Gasteiger partial charge is 0.126 e. The number of nitrogens with one attached hydrogen (secondary N) is 1. The van der Waals surface area contributed by atoms with Crippen LogP contribution < -0.4 is 10.1 Å². The highest BCUT2D eigenvalue weighted by Gasteiger charge is 2.29. The maximum Gasteiger partial charge on any atom is 0.126 e. The molecule has 1 N–H and O–H groups in total. The number of fused-ring (bicyclic) bond motifs is 3. The Hall–Kier alpha value is -0.730. The predicted molar refractivity (Wildman–Crippen MR) is 83.8 cm³/mol. The summed E-state index contributed by atoms with van der Waals surface area (Å²) in [6, 6.07) is 2.52. The van der Waals surface area contributed by atoms with Crippen LogP contribution >= 0.6 is 11.6 Å². The molecular formula is C17H24ClNO. The van der Waals surface area contributed by atoms with Gasteiger partial charge in [-0.2, -0.15) is 0 Å². The van der Waals surface area contributed by atoms with Crippen molar-refractivity contribution in [2.45, 2.75) is 52.0 Å². The van der Waals surface area contributed by atoms with Gasteiger partial charge in [0.1, 0.15) is 5.75 Å². The predicted octanol–water partition coefficient (Wildman–Crippen LogP) is 4.29. The number of halogens is 1. The Morgan fingerprint density at radius 3 is 3.05 bits per heavy atom. The lowest BCUT2D eigenvalue weighted by molar-refractivity contribution is 0.352. The molecule has 1 aromatic carbocycles. The molecule has 0 saturated carbocycles. The fourth-order valence-electron chi connectivity index (χ4n) is 3.54. The van der Waals surface area contributed by atoms with E-state index in [0.717, 1.165) is 49.1 Å². The van der Waals surface area contributed by atoms with Crippen molar-refractivity contribution in [3.8, 4) is 5.75 Å². The molecule has 3 heteroatoms. The molecule has 1 aromatic rings. The van der Waals surface area contributed by atoms with Crippen LogP contribution in [0.3, 0.4) is 0 Å². The third-order valence-electron chi connectivity index (χ3n) is 4.58. The molecule has 2 aliphatic rings. The normalized spacial score (nSPS) is 24.8. The Kier molecular flexibility index (Phi) is 4.23. The van der Waals surface area contributed by atoms with Crippen molar-refractivity contribution in [3.63, 3.8) is 0 Å². The zero-order chi connectivity index (χ0) is 14.1. The highest BCUT2D eigenvalue weighted by molar-refractivity contribution is 6.31. The van der Waals surface area contributed by atoms with Crippen LogP contribution in [-0.4, -0.2) is 13.2 Å². The third kappa shape index (κ3) is 2.56. The first-order chi connectivity index (χ1) is 9.70. The quantitative estimate of drug-likeness (QED) is 0.840.